The van der Waals surface area contributed by atoms with Crippen molar-refractivity contribution >= 4 is 34.8 Å². The summed E-state index contributed by atoms with van der Waals surface area (Å²) < 4.78 is 5.31. The van der Waals surface area contributed by atoms with Gasteiger partial charge in [-0.1, -0.05) is 36.5 Å². The van der Waals surface area contributed by atoms with Crippen LogP contribution < -0.4 is 0 Å². The van der Waals surface area contributed by atoms with Crippen LogP contribution in [-0.4, -0.2) is 33.2 Å². The molecule has 2 rings (SSSR count). The van der Waals surface area contributed by atoms with Crippen LogP contribution in [0.15, 0.2) is 11.8 Å². The van der Waals surface area contributed by atoms with E-state index in [1.165, 1.54) is 0 Å². The summed E-state index contributed by atoms with van der Waals surface area (Å²) in [6.07, 6.45) is 2.66. The number of phenols is 2. The van der Waals surface area contributed by atoms with Gasteiger partial charge in [0.25, 0.3) is 0 Å². The SMILES string of the molecule is CCCCOC1=CC(=O)c2c(O)c(Cl)c(Cl)c(O)c2C1=[OH+]. The second-order valence-corrected chi connectivity index (χ2v) is 5.25. The van der Waals surface area contributed by atoms with Crippen molar-refractivity contribution in [3.8, 4) is 11.5 Å². The van der Waals surface area contributed by atoms with Gasteiger partial charge in [0.05, 0.1) is 12.2 Å². The van der Waals surface area contributed by atoms with E-state index in [9.17, 15) is 19.8 Å². The van der Waals surface area contributed by atoms with E-state index in [0.29, 0.717) is 6.61 Å². The lowest BCUT2D eigenvalue weighted by atomic mass is 9.91. The van der Waals surface area contributed by atoms with Gasteiger partial charge in [0.1, 0.15) is 21.4 Å². The lowest BCUT2D eigenvalue weighted by molar-refractivity contribution is 0.103. The van der Waals surface area contributed by atoms with Crippen LogP contribution >= 0.6 is 23.2 Å². The van der Waals surface area contributed by atoms with Crippen LogP contribution in [0.3, 0.4) is 0 Å². The molecule has 0 bridgehead atoms. The van der Waals surface area contributed by atoms with Gasteiger partial charge >= 0.3 is 5.78 Å². The smallest absolute Gasteiger partial charge is 0.393 e. The first kappa shape index (κ1) is 15.7. The quantitative estimate of drug-likeness (QED) is 0.503. The van der Waals surface area contributed by atoms with E-state index in [2.05, 4.69) is 0 Å². The van der Waals surface area contributed by atoms with Gasteiger partial charge in [-0.05, 0) is 6.42 Å². The molecule has 0 amide bonds. The maximum Gasteiger partial charge on any atom is 0.393 e. The Morgan fingerprint density at radius 2 is 1.76 bits per heavy atom. The van der Waals surface area contributed by atoms with Gasteiger partial charge in [0.15, 0.2) is 11.5 Å². The van der Waals surface area contributed by atoms with Crippen LogP contribution in [0, 0.1) is 0 Å². The number of unbranched alkanes of at least 4 members (excludes halogenated alkanes) is 1. The molecule has 3 N–H and O–H groups in total. The molecule has 5 nitrogen and oxygen atoms in total. The Hall–Kier alpha value is -1.72. The fourth-order valence-corrected chi connectivity index (χ4v) is 2.32. The average Bonchev–Trinajstić information content (AvgIpc) is 2.46. The Kier molecular flexibility index (Phi) is 4.44. The van der Waals surface area contributed by atoms with Crippen molar-refractivity contribution < 1.29 is 24.5 Å². The minimum atomic E-state index is -0.638. The van der Waals surface area contributed by atoms with Crippen molar-refractivity contribution in [1.82, 2.24) is 0 Å². The van der Waals surface area contributed by atoms with E-state index in [4.69, 9.17) is 27.9 Å². The van der Waals surface area contributed by atoms with Crippen molar-refractivity contribution in [2.45, 2.75) is 19.8 Å². The van der Waals surface area contributed by atoms with Crippen LogP contribution in [0.2, 0.25) is 10.0 Å². The summed E-state index contributed by atoms with van der Waals surface area (Å²) in [4.78, 5) is 22.2. The molecule has 1 aliphatic rings. The number of benzene rings is 1. The zero-order chi connectivity index (χ0) is 15.7. The summed E-state index contributed by atoms with van der Waals surface area (Å²) in [6.45, 7) is 2.28. The largest absolute Gasteiger partial charge is 0.506 e. The molecule has 0 radical (unpaired) electrons. The molecule has 0 heterocycles. The first-order valence-electron chi connectivity index (χ1n) is 6.28. The van der Waals surface area contributed by atoms with Gasteiger partial charge in [0, 0.05) is 6.08 Å². The van der Waals surface area contributed by atoms with E-state index in [1.807, 2.05) is 6.92 Å². The van der Waals surface area contributed by atoms with Crippen LogP contribution in [0.4, 0.5) is 0 Å². The monoisotopic (exact) mass is 331 g/mol. The number of rotatable bonds is 4. The summed E-state index contributed by atoms with van der Waals surface area (Å²) in [5.41, 5.74) is -0.580. The first-order chi connectivity index (χ1) is 9.90. The lowest BCUT2D eigenvalue weighted by Gasteiger charge is -2.16. The molecule has 1 aromatic carbocycles. The third-order valence-corrected chi connectivity index (χ3v) is 3.90. The first-order valence-corrected chi connectivity index (χ1v) is 7.04. The minimum absolute atomic E-state index is 0.0750. The highest BCUT2D eigenvalue weighted by molar-refractivity contribution is 6.45. The number of hydrogen-bond acceptors (Lipinski definition) is 4. The standard InChI is InChI=1S/C14H12Cl2O5/c1-2-3-4-21-7-5-6(17)8-9(12(7)18)14(20)11(16)10(15)13(8)19/h5,19-20H,2-4H2,1H3/p+1. The fourth-order valence-electron chi connectivity index (χ4n) is 1.95. The third kappa shape index (κ3) is 2.59. The highest BCUT2D eigenvalue weighted by Gasteiger charge is 2.39. The molecule has 0 unspecified atom stereocenters. The van der Waals surface area contributed by atoms with E-state index in [1.54, 1.807) is 0 Å². The van der Waals surface area contributed by atoms with E-state index < -0.39 is 23.1 Å². The van der Waals surface area contributed by atoms with E-state index in [0.717, 1.165) is 18.9 Å². The van der Waals surface area contributed by atoms with Crippen LogP contribution in [0.5, 0.6) is 11.5 Å². The van der Waals surface area contributed by atoms with Gasteiger partial charge < -0.3 is 14.9 Å². The van der Waals surface area contributed by atoms with Crippen molar-refractivity contribution in [3.63, 3.8) is 0 Å². The molecule has 0 atom stereocenters. The molecule has 112 valence electrons. The number of hydrogen-bond donors (Lipinski definition) is 2. The molecule has 1 aliphatic carbocycles. The molecule has 7 heteroatoms. The Morgan fingerprint density at radius 3 is 2.33 bits per heavy atom. The zero-order valence-corrected chi connectivity index (χ0v) is 12.6. The van der Waals surface area contributed by atoms with Crippen molar-refractivity contribution in [3.05, 3.63) is 33.0 Å². The Bertz CT molecular complexity index is 664. The Morgan fingerprint density at radius 1 is 1.19 bits per heavy atom. The molecular formula is C14H13Cl2O5+. The summed E-state index contributed by atoms with van der Waals surface area (Å²) >= 11 is 11.5. The average molecular weight is 332 g/mol. The highest BCUT2D eigenvalue weighted by Crippen LogP contribution is 2.46. The normalized spacial score (nSPS) is 14.0. The molecule has 0 saturated carbocycles. The van der Waals surface area contributed by atoms with Gasteiger partial charge in [-0.3, -0.25) is 9.59 Å². The number of carbonyl (C=O) groups excluding carboxylic acids is 2. The van der Waals surface area contributed by atoms with Crippen LogP contribution in [-0.2, 0) is 4.74 Å². The minimum Gasteiger partial charge on any atom is -0.506 e. The summed E-state index contributed by atoms with van der Waals surface area (Å²) in [5.74, 6) is -2.35. The molecule has 0 aliphatic heterocycles. The lowest BCUT2D eigenvalue weighted by Crippen LogP contribution is -2.20. The molecule has 0 fully saturated rings. The Labute approximate surface area is 130 Å². The van der Waals surface area contributed by atoms with Gasteiger partial charge in [-0.25, -0.2) is 0 Å². The summed E-state index contributed by atoms with van der Waals surface area (Å²) in [7, 11) is 0. The third-order valence-electron chi connectivity index (χ3n) is 3.07. The second kappa shape index (κ2) is 5.95. The van der Waals surface area contributed by atoms with Crippen LogP contribution in [0.25, 0.3) is 0 Å². The maximum atomic E-state index is 12.1. The number of allylic oxidation sites excluding steroid dienone is 2. The van der Waals surface area contributed by atoms with Gasteiger partial charge in [0.2, 0.25) is 5.76 Å². The molecular weight excluding hydrogens is 319 g/mol. The Balaban J connectivity index is 2.52. The van der Waals surface area contributed by atoms with Gasteiger partial charge in [-0.15, -0.1) is 0 Å². The molecule has 1 aromatic rings. The topological polar surface area (TPSA) is 88.2 Å². The number of phenolic OH excluding ortho intramolecular Hbond substituents is 2. The zero-order valence-electron chi connectivity index (χ0n) is 11.1. The predicted molar refractivity (Wildman–Crippen MR) is 79.1 cm³/mol. The number of halogens is 2. The molecule has 0 spiro atoms. The molecule has 0 aromatic heterocycles. The maximum absolute atomic E-state index is 12.1. The number of carbonyl (C=O) groups is 1. The number of ketones is 2. The van der Waals surface area contributed by atoms with Crippen molar-refractivity contribution in [2.24, 2.45) is 0 Å². The van der Waals surface area contributed by atoms with E-state index >= 15 is 0 Å². The van der Waals surface area contributed by atoms with E-state index in [-0.39, 0.29) is 26.9 Å². The number of fused-ring (bicyclic) bond motifs is 1. The van der Waals surface area contributed by atoms with Crippen LogP contribution in [0.1, 0.15) is 35.7 Å². The van der Waals surface area contributed by atoms with Crippen molar-refractivity contribution in [2.75, 3.05) is 6.61 Å². The van der Waals surface area contributed by atoms with Crippen molar-refractivity contribution in [1.29, 1.82) is 0 Å². The predicted octanol–water partition coefficient (Wildman–Crippen LogP) is 3.19. The number of aromatic hydroxyl groups is 2. The van der Waals surface area contributed by atoms with Gasteiger partial charge in [-0.2, -0.15) is 0 Å². The summed E-state index contributed by atoms with van der Waals surface area (Å²) in [5, 5.41) is 19.2. The molecule has 0 saturated heterocycles. The fraction of sp³-hybridized carbons (Fsp3) is 0.286. The molecule has 21 heavy (non-hydrogen) atoms. The summed E-state index contributed by atoms with van der Waals surface area (Å²) in [6, 6.07) is 0. The highest BCUT2D eigenvalue weighted by atomic mass is 35.5. The number of ether oxygens (including phenoxy) is 1. The second-order valence-electron chi connectivity index (χ2n) is 4.50.